The summed E-state index contributed by atoms with van der Waals surface area (Å²) < 4.78 is 28.7. The Morgan fingerprint density at radius 2 is 1.76 bits per heavy atom. The Labute approximate surface area is 177 Å². The molecular formula is C21H19BrN2O4S. The van der Waals surface area contributed by atoms with Crippen LogP contribution < -0.4 is 10.0 Å². The van der Waals surface area contributed by atoms with E-state index in [1.54, 1.807) is 48.5 Å². The average molecular weight is 475 g/mol. The molecule has 8 heteroatoms. The molecule has 0 aliphatic carbocycles. The first-order chi connectivity index (χ1) is 13.8. The molecule has 0 aliphatic heterocycles. The zero-order chi connectivity index (χ0) is 21.0. The number of halogens is 1. The highest BCUT2D eigenvalue weighted by molar-refractivity contribution is 9.10. The van der Waals surface area contributed by atoms with Gasteiger partial charge in [0.15, 0.2) is 0 Å². The van der Waals surface area contributed by atoms with Gasteiger partial charge >= 0.3 is 0 Å². The molecule has 29 heavy (non-hydrogen) atoms. The number of benzene rings is 3. The predicted molar refractivity (Wildman–Crippen MR) is 116 cm³/mol. The lowest BCUT2D eigenvalue weighted by molar-refractivity contribution is 0.102. The Balaban J connectivity index is 1.80. The second-order valence-corrected chi connectivity index (χ2v) is 8.96. The predicted octanol–water partition coefficient (Wildman–Crippen LogP) is 4.30. The molecule has 6 nitrogen and oxygen atoms in total. The van der Waals surface area contributed by atoms with E-state index in [9.17, 15) is 13.2 Å². The number of hydrogen-bond donors (Lipinski definition) is 3. The van der Waals surface area contributed by atoms with Crippen molar-refractivity contribution < 1.29 is 18.3 Å². The number of amides is 1. The smallest absolute Gasteiger partial charge is 0.262 e. The molecule has 150 valence electrons. The van der Waals surface area contributed by atoms with Crippen molar-refractivity contribution in [1.29, 1.82) is 0 Å². The summed E-state index contributed by atoms with van der Waals surface area (Å²) in [6, 6.07) is 17.9. The summed E-state index contributed by atoms with van der Waals surface area (Å²) in [5.74, 6) is -0.376. The van der Waals surface area contributed by atoms with Gasteiger partial charge in [-0.1, -0.05) is 24.3 Å². The number of carbonyl (C=O) groups is 1. The molecule has 0 saturated carbocycles. The quantitative estimate of drug-likeness (QED) is 0.496. The van der Waals surface area contributed by atoms with E-state index in [1.807, 2.05) is 13.0 Å². The topological polar surface area (TPSA) is 95.5 Å². The van der Waals surface area contributed by atoms with Gasteiger partial charge in [0.1, 0.15) is 0 Å². The van der Waals surface area contributed by atoms with E-state index in [1.165, 1.54) is 12.1 Å². The molecule has 0 bridgehead atoms. The van der Waals surface area contributed by atoms with Gasteiger partial charge in [0.25, 0.3) is 15.9 Å². The maximum absolute atomic E-state index is 12.8. The van der Waals surface area contributed by atoms with Gasteiger partial charge in [0.2, 0.25) is 0 Å². The maximum Gasteiger partial charge on any atom is 0.262 e. The molecule has 3 rings (SSSR count). The van der Waals surface area contributed by atoms with E-state index in [2.05, 4.69) is 26.0 Å². The summed E-state index contributed by atoms with van der Waals surface area (Å²) >= 11 is 3.34. The third-order valence-corrected chi connectivity index (χ3v) is 6.22. The monoisotopic (exact) mass is 474 g/mol. The number of anilines is 2. The van der Waals surface area contributed by atoms with Crippen LogP contribution in [-0.2, 0) is 16.6 Å². The van der Waals surface area contributed by atoms with Gasteiger partial charge in [0.05, 0.1) is 17.2 Å². The van der Waals surface area contributed by atoms with Gasteiger partial charge in [-0.3, -0.25) is 9.52 Å². The van der Waals surface area contributed by atoms with Gasteiger partial charge in [0, 0.05) is 15.7 Å². The van der Waals surface area contributed by atoms with E-state index in [0.717, 1.165) is 5.56 Å². The standard InChI is InChI=1S/C21H19BrN2O4S/c1-14-5-10-19(22)20(11-14)24-29(27,28)18-4-2-3-17(12-18)23-21(26)16-8-6-15(13-25)7-9-16/h2-12,24-25H,13H2,1H3,(H,23,26). The maximum atomic E-state index is 12.8. The lowest BCUT2D eigenvalue weighted by Crippen LogP contribution is -2.15. The van der Waals surface area contributed by atoms with Crippen LogP contribution in [0.4, 0.5) is 11.4 Å². The molecule has 3 aromatic rings. The fourth-order valence-electron chi connectivity index (χ4n) is 2.63. The van der Waals surface area contributed by atoms with Crippen molar-refractivity contribution in [3.05, 3.63) is 87.9 Å². The van der Waals surface area contributed by atoms with E-state index in [-0.39, 0.29) is 17.4 Å². The minimum Gasteiger partial charge on any atom is -0.392 e. The summed E-state index contributed by atoms with van der Waals surface area (Å²) in [5, 5.41) is 11.8. The Bertz CT molecular complexity index is 1150. The Hall–Kier alpha value is -2.68. The molecule has 3 N–H and O–H groups in total. The third kappa shape index (κ3) is 5.23. The van der Waals surface area contributed by atoms with Crippen LogP contribution in [0.15, 0.2) is 76.1 Å². The van der Waals surface area contributed by atoms with Gasteiger partial charge in [-0.2, -0.15) is 0 Å². The molecule has 0 aromatic heterocycles. The fraction of sp³-hybridized carbons (Fsp3) is 0.0952. The van der Waals surface area contributed by atoms with E-state index in [0.29, 0.717) is 27.0 Å². The normalized spacial score (nSPS) is 11.1. The first-order valence-electron chi connectivity index (χ1n) is 8.69. The van der Waals surface area contributed by atoms with Crippen LogP contribution in [0, 0.1) is 6.92 Å². The summed E-state index contributed by atoms with van der Waals surface area (Å²) in [6.07, 6.45) is 0. The second kappa shape index (κ2) is 8.77. The fourth-order valence-corrected chi connectivity index (χ4v) is 4.22. The van der Waals surface area contributed by atoms with E-state index < -0.39 is 10.0 Å². The molecule has 0 unspecified atom stereocenters. The second-order valence-electron chi connectivity index (χ2n) is 6.43. The lowest BCUT2D eigenvalue weighted by atomic mass is 10.1. The molecule has 3 aromatic carbocycles. The Kier molecular flexibility index (Phi) is 6.36. The number of sulfonamides is 1. The van der Waals surface area contributed by atoms with Gasteiger partial charge in [-0.25, -0.2) is 8.42 Å². The van der Waals surface area contributed by atoms with Crippen LogP contribution in [0.25, 0.3) is 0 Å². The van der Waals surface area contributed by atoms with Crippen LogP contribution in [0.2, 0.25) is 0 Å². The zero-order valence-electron chi connectivity index (χ0n) is 15.5. The number of carbonyl (C=O) groups excluding carboxylic acids is 1. The van der Waals surface area contributed by atoms with Gasteiger partial charge in [-0.05, 0) is 76.4 Å². The molecule has 1 amide bonds. The molecule has 0 atom stereocenters. The SMILES string of the molecule is Cc1ccc(Br)c(NS(=O)(=O)c2cccc(NC(=O)c3ccc(CO)cc3)c2)c1. The number of aliphatic hydroxyl groups excluding tert-OH is 1. The Morgan fingerprint density at radius 1 is 1.03 bits per heavy atom. The number of hydrogen-bond acceptors (Lipinski definition) is 4. The van der Waals surface area contributed by atoms with Crippen molar-refractivity contribution >= 4 is 43.2 Å². The average Bonchev–Trinajstić information content (AvgIpc) is 2.71. The zero-order valence-corrected chi connectivity index (χ0v) is 17.9. The minimum absolute atomic E-state index is 0.0272. The third-order valence-electron chi connectivity index (χ3n) is 4.17. The molecule has 0 saturated heterocycles. The van der Waals surface area contributed by atoms with Gasteiger partial charge < -0.3 is 10.4 Å². The minimum atomic E-state index is -3.84. The molecule has 0 heterocycles. The van der Waals surface area contributed by atoms with Crippen molar-refractivity contribution in [1.82, 2.24) is 0 Å². The Morgan fingerprint density at radius 3 is 2.45 bits per heavy atom. The largest absolute Gasteiger partial charge is 0.392 e. The summed E-state index contributed by atoms with van der Waals surface area (Å²) in [7, 11) is -3.84. The number of nitrogens with one attached hydrogen (secondary N) is 2. The van der Waals surface area contributed by atoms with Crippen molar-refractivity contribution in [2.45, 2.75) is 18.4 Å². The van der Waals surface area contributed by atoms with Gasteiger partial charge in [-0.15, -0.1) is 0 Å². The van der Waals surface area contributed by atoms with Crippen molar-refractivity contribution in [2.24, 2.45) is 0 Å². The molecule has 0 fully saturated rings. The molecule has 0 radical (unpaired) electrons. The molecule has 0 spiro atoms. The van der Waals surface area contributed by atoms with Crippen molar-refractivity contribution in [2.75, 3.05) is 10.0 Å². The highest BCUT2D eigenvalue weighted by Gasteiger charge is 2.17. The van der Waals surface area contributed by atoms with Crippen LogP contribution in [0.5, 0.6) is 0 Å². The highest BCUT2D eigenvalue weighted by Crippen LogP contribution is 2.27. The van der Waals surface area contributed by atoms with Crippen molar-refractivity contribution in [3.8, 4) is 0 Å². The van der Waals surface area contributed by atoms with Crippen LogP contribution >= 0.6 is 15.9 Å². The lowest BCUT2D eigenvalue weighted by Gasteiger charge is -2.12. The van der Waals surface area contributed by atoms with E-state index >= 15 is 0 Å². The summed E-state index contributed by atoms with van der Waals surface area (Å²) in [6.45, 7) is 1.76. The van der Waals surface area contributed by atoms with Crippen LogP contribution in [-0.4, -0.2) is 19.4 Å². The van der Waals surface area contributed by atoms with Crippen LogP contribution in [0.1, 0.15) is 21.5 Å². The first-order valence-corrected chi connectivity index (χ1v) is 11.0. The highest BCUT2D eigenvalue weighted by atomic mass is 79.9. The number of aryl methyl sites for hydroxylation is 1. The molecule has 0 aliphatic rings. The number of aliphatic hydroxyl groups is 1. The molecular weight excluding hydrogens is 456 g/mol. The number of rotatable bonds is 6. The summed E-state index contributed by atoms with van der Waals surface area (Å²) in [5.41, 5.74) is 2.80. The van der Waals surface area contributed by atoms with E-state index in [4.69, 9.17) is 5.11 Å². The van der Waals surface area contributed by atoms with Crippen molar-refractivity contribution in [3.63, 3.8) is 0 Å². The van der Waals surface area contributed by atoms with Crippen LogP contribution in [0.3, 0.4) is 0 Å². The summed E-state index contributed by atoms with van der Waals surface area (Å²) in [4.78, 5) is 12.4. The first kappa shape index (κ1) is 21.0.